The zero-order valence-corrected chi connectivity index (χ0v) is 34.6. The van der Waals surface area contributed by atoms with Crippen molar-refractivity contribution < 1.29 is 53.4 Å². The van der Waals surface area contributed by atoms with Gasteiger partial charge in [0.15, 0.2) is 0 Å². The van der Waals surface area contributed by atoms with E-state index in [2.05, 4.69) is 41.9 Å². The molecule has 3 rings (SSSR count). The largest absolute Gasteiger partial charge is 0.481 e. The number of hydrogen-bond acceptors (Lipinski definition) is 11. The maximum atomic E-state index is 14.1. The lowest BCUT2D eigenvalue weighted by atomic mass is 10.0. The highest BCUT2D eigenvalue weighted by atomic mass is 16.4. The number of imidazole rings is 1. The smallest absolute Gasteiger partial charge is 0.326 e. The molecule has 11 N–H and O–H groups in total. The van der Waals surface area contributed by atoms with Crippen LogP contribution in [0.25, 0.3) is 0 Å². The first-order chi connectivity index (χ1) is 29.0. The summed E-state index contributed by atoms with van der Waals surface area (Å²) >= 11 is 0. The number of likely N-dealkylation sites (tertiary alicyclic amines) is 1. The molecule has 1 aromatic heterocycles. The maximum Gasteiger partial charge on any atom is 0.326 e. The van der Waals surface area contributed by atoms with E-state index >= 15 is 0 Å². The third-order valence-corrected chi connectivity index (χ3v) is 9.76. The van der Waals surface area contributed by atoms with Gasteiger partial charge in [0, 0.05) is 38.2 Å². The van der Waals surface area contributed by atoms with Gasteiger partial charge in [0.2, 0.25) is 41.4 Å². The van der Waals surface area contributed by atoms with Crippen LogP contribution in [0.5, 0.6) is 0 Å². The van der Waals surface area contributed by atoms with E-state index in [0.717, 1.165) is 0 Å². The van der Waals surface area contributed by atoms with Crippen LogP contribution in [-0.4, -0.2) is 134 Å². The van der Waals surface area contributed by atoms with Crippen molar-refractivity contribution >= 4 is 53.3 Å². The van der Waals surface area contributed by atoms with Gasteiger partial charge in [-0.05, 0) is 56.6 Å². The quantitative estimate of drug-likeness (QED) is 0.0508. The number of aliphatic carboxylic acids is 2. The SMILES string of the molecule is CC(=O)NC(CC(C)C)C(=O)NCC(=O)NC(Cc1cnc[nH]1)C(=O)N1CCCC1C(=O)NC(CC(=O)O)C(=O)NC(CCCCN)C(=O)NC(Cc1ccccc1)C(=O)O. The second kappa shape index (κ2) is 24.6. The first-order valence-corrected chi connectivity index (χ1v) is 20.2. The Morgan fingerprint density at radius 1 is 0.836 bits per heavy atom. The number of nitrogens with zero attached hydrogens (tertiary/aromatic N) is 2. The first kappa shape index (κ1) is 49.0. The van der Waals surface area contributed by atoms with Gasteiger partial charge in [0.25, 0.3) is 0 Å². The molecule has 2 aromatic rings. The average molecular weight is 855 g/mol. The molecule has 6 atom stereocenters. The summed E-state index contributed by atoms with van der Waals surface area (Å²) in [7, 11) is 0. The van der Waals surface area contributed by atoms with Crippen molar-refractivity contribution in [2.75, 3.05) is 19.6 Å². The van der Waals surface area contributed by atoms with Crippen molar-refractivity contribution in [2.45, 2.75) is 115 Å². The van der Waals surface area contributed by atoms with Gasteiger partial charge in [-0.2, -0.15) is 0 Å². The molecule has 0 spiro atoms. The summed E-state index contributed by atoms with van der Waals surface area (Å²) in [5.41, 5.74) is 6.72. The normalized spacial score (nSPS) is 16.0. The molecule has 2 heterocycles. The molecule has 61 heavy (non-hydrogen) atoms. The van der Waals surface area contributed by atoms with Crippen LogP contribution in [0, 0.1) is 5.92 Å². The molecule has 0 radical (unpaired) electrons. The standard InChI is InChI=1S/C40H58N10O11/c1-23(2)16-28(45-24(3)51)35(55)43-21-33(52)46-30(18-26-20-42-22-44-26)39(59)50-15-9-13-32(50)38(58)48-29(19-34(53)54)37(57)47-27(12-7-8-14-41)36(56)49-31(40(60)61)17-25-10-5-4-6-11-25/h4-6,10-11,20,22-23,27-32H,7-9,12-19,21,41H2,1-3H3,(H,42,44)(H,43,55)(H,45,51)(H,46,52)(H,47,57)(H,48,58)(H,49,56)(H,53,54)(H,60,61). The molecule has 6 unspecified atom stereocenters. The fraction of sp³-hybridized carbons (Fsp3) is 0.550. The van der Waals surface area contributed by atoms with Gasteiger partial charge in [-0.3, -0.25) is 38.4 Å². The first-order valence-electron chi connectivity index (χ1n) is 20.2. The summed E-state index contributed by atoms with van der Waals surface area (Å²) in [6.45, 7) is 4.80. The molecule has 21 heteroatoms. The summed E-state index contributed by atoms with van der Waals surface area (Å²) < 4.78 is 0. The number of nitrogens with two attached hydrogens (primary N) is 1. The average Bonchev–Trinajstić information content (AvgIpc) is 3.91. The van der Waals surface area contributed by atoms with Crippen molar-refractivity contribution in [1.29, 1.82) is 0 Å². The van der Waals surface area contributed by atoms with Crippen LogP contribution in [0.3, 0.4) is 0 Å². The van der Waals surface area contributed by atoms with Crippen molar-refractivity contribution in [3.8, 4) is 0 Å². The number of hydrogen-bond donors (Lipinski definition) is 10. The van der Waals surface area contributed by atoms with Crippen LogP contribution in [0.4, 0.5) is 0 Å². The molecule has 7 amide bonds. The molecule has 334 valence electrons. The van der Waals surface area contributed by atoms with Crippen LogP contribution in [0.15, 0.2) is 42.9 Å². The van der Waals surface area contributed by atoms with Crippen molar-refractivity contribution in [1.82, 2.24) is 46.8 Å². The van der Waals surface area contributed by atoms with Crippen molar-refractivity contribution in [3.63, 3.8) is 0 Å². The van der Waals surface area contributed by atoms with Crippen LogP contribution in [-0.2, 0) is 56.0 Å². The number of aromatic nitrogens is 2. The summed E-state index contributed by atoms with van der Waals surface area (Å²) in [6.07, 6.45) is 3.39. The molecule has 1 aliphatic rings. The fourth-order valence-corrected chi connectivity index (χ4v) is 6.81. The minimum Gasteiger partial charge on any atom is -0.481 e. The Balaban J connectivity index is 1.76. The minimum absolute atomic E-state index is 0.0199. The molecule has 1 fully saturated rings. The number of unbranched alkanes of at least 4 members (excludes halogenated alkanes) is 1. The van der Waals surface area contributed by atoms with Gasteiger partial charge in [-0.25, -0.2) is 9.78 Å². The number of H-pyrrole nitrogens is 1. The molecular formula is C40H58N10O11. The molecular weight excluding hydrogens is 796 g/mol. The third-order valence-electron chi connectivity index (χ3n) is 9.76. The molecule has 0 aliphatic carbocycles. The number of amides is 7. The number of aromatic amines is 1. The van der Waals surface area contributed by atoms with Gasteiger partial charge in [0.1, 0.15) is 36.3 Å². The van der Waals surface area contributed by atoms with E-state index in [9.17, 15) is 53.4 Å². The van der Waals surface area contributed by atoms with Gasteiger partial charge >= 0.3 is 11.9 Å². The summed E-state index contributed by atoms with van der Waals surface area (Å²) in [6, 6.07) is 0.832. The van der Waals surface area contributed by atoms with E-state index in [1.54, 1.807) is 30.3 Å². The Bertz CT molecular complexity index is 1830. The Hall–Kier alpha value is -6.38. The molecule has 0 bridgehead atoms. The highest BCUT2D eigenvalue weighted by Gasteiger charge is 2.40. The number of rotatable bonds is 25. The third kappa shape index (κ3) is 16.7. The molecule has 1 aliphatic heterocycles. The number of carbonyl (C=O) groups excluding carboxylic acids is 7. The highest BCUT2D eigenvalue weighted by molar-refractivity contribution is 5.98. The predicted octanol–water partition coefficient (Wildman–Crippen LogP) is -1.52. The Kier molecular flexibility index (Phi) is 19.8. The van der Waals surface area contributed by atoms with Crippen molar-refractivity contribution in [2.24, 2.45) is 11.7 Å². The van der Waals surface area contributed by atoms with E-state index in [0.29, 0.717) is 36.9 Å². The van der Waals surface area contributed by atoms with E-state index in [4.69, 9.17) is 5.73 Å². The number of carboxylic acid groups (broad SMARTS) is 2. The second-order valence-corrected chi connectivity index (χ2v) is 15.3. The van der Waals surface area contributed by atoms with Crippen molar-refractivity contribution in [3.05, 3.63) is 54.1 Å². The minimum atomic E-state index is -1.71. The second-order valence-electron chi connectivity index (χ2n) is 15.3. The Labute approximate surface area is 353 Å². The van der Waals surface area contributed by atoms with Gasteiger partial charge in [-0.1, -0.05) is 44.2 Å². The number of benzene rings is 1. The van der Waals surface area contributed by atoms with Crippen LogP contribution < -0.4 is 37.6 Å². The Morgan fingerprint density at radius 2 is 1.52 bits per heavy atom. The monoisotopic (exact) mass is 854 g/mol. The number of nitrogens with one attached hydrogen (secondary N) is 7. The lowest BCUT2D eigenvalue weighted by Crippen LogP contribution is -2.59. The topological polar surface area (TPSA) is 324 Å². The molecule has 0 saturated carbocycles. The highest BCUT2D eigenvalue weighted by Crippen LogP contribution is 2.20. The van der Waals surface area contributed by atoms with Crippen LogP contribution in [0.2, 0.25) is 0 Å². The summed E-state index contributed by atoms with van der Waals surface area (Å²) in [4.78, 5) is 125. The van der Waals surface area contributed by atoms with Crippen LogP contribution >= 0.6 is 0 Å². The Morgan fingerprint density at radius 3 is 2.13 bits per heavy atom. The molecule has 1 aromatic carbocycles. The molecule has 1 saturated heterocycles. The predicted molar refractivity (Wildman–Crippen MR) is 218 cm³/mol. The van der Waals surface area contributed by atoms with E-state index in [-0.39, 0.29) is 44.7 Å². The molecule has 21 nitrogen and oxygen atoms in total. The van der Waals surface area contributed by atoms with E-state index in [1.807, 2.05) is 13.8 Å². The van der Waals surface area contributed by atoms with Gasteiger partial charge < -0.3 is 57.7 Å². The lowest BCUT2D eigenvalue weighted by molar-refractivity contribution is -0.144. The van der Waals surface area contributed by atoms with E-state index < -0.39 is 103 Å². The lowest BCUT2D eigenvalue weighted by Gasteiger charge is -2.30. The fourth-order valence-electron chi connectivity index (χ4n) is 6.81. The van der Waals surface area contributed by atoms with Crippen LogP contribution in [0.1, 0.15) is 77.0 Å². The zero-order valence-electron chi connectivity index (χ0n) is 34.6. The number of carboxylic acids is 2. The number of carbonyl (C=O) groups is 9. The van der Waals surface area contributed by atoms with Gasteiger partial charge in [0.05, 0.1) is 19.3 Å². The summed E-state index contributed by atoms with van der Waals surface area (Å²) in [5, 5.41) is 34.5. The van der Waals surface area contributed by atoms with E-state index in [1.165, 1.54) is 24.3 Å². The van der Waals surface area contributed by atoms with Gasteiger partial charge in [-0.15, -0.1) is 0 Å². The summed E-state index contributed by atoms with van der Waals surface area (Å²) in [5.74, 6) is -7.90. The zero-order chi connectivity index (χ0) is 45.1. The maximum absolute atomic E-state index is 14.1.